The summed E-state index contributed by atoms with van der Waals surface area (Å²) in [6, 6.07) is 10.4. The van der Waals surface area contributed by atoms with Crippen LogP contribution >= 0.6 is 0 Å². The van der Waals surface area contributed by atoms with E-state index in [0.717, 1.165) is 17.7 Å². The molecule has 0 spiro atoms. The van der Waals surface area contributed by atoms with Crippen molar-refractivity contribution in [1.29, 1.82) is 0 Å². The molecule has 2 aromatic carbocycles. The standard InChI is InChI=1S/C16H13F2NO/c17-12-2-1-3-13(18)14(12)15(20)16(8-9-16)10-4-6-11(19)7-5-10/h1-7H,8-9,19H2. The number of halogens is 2. The van der Waals surface area contributed by atoms with E-state index >= 15 is 0 Å². The molecule has 0 atom stereocenters. The van der Waals surface area contributed by atoms with Crippen molar-refractivity contribution >= 4 is 11.5 Å². The van der Waals surface area contributed by atoms with Crippen LogP contribution in [-0.2, 0) is 5.41 Å². The molecule has 2 nitrogen and oxygen atoms in total. The molecule has 0 aromatic heterocycles. The van der Waals surface area contributed by atoms with Crippen molar-refractivity contribution < 1.29 is 13.6 Å². The average molecular weight is 273 g/mol. The number of carbonyl (C=O) groups excluding carboxylic acids is 1. The third-order valence-electron chi connectivity index (χ3n) is 3.84. The summed E-state index contributed by atoms with van der Waals surface area (Å²) in [5, 5.41) is 0. The molecule has 0 radical (unpaired) electrons. The summed E-state index contributed by atoms with van der Waals surface area (Å²) in [5.41, 5.74) is 5.74. The zero-order chi connectivity index (χ0) is 14.3. The highest BCUT2D eigenvalue weighted by Gasteiger charge is 2.52. The van der Waals surface area contributed by atoms with E-state index in [1.807, 2.05) is 0 Å². The van der Waals surface area contributed by atoms with Gasteiger partial charge >= 0.3 is 0 Å². The van der Waals surface area contributed by atoms with Crippen molar-refractivity contribution in [3.8, 4) is 0 Å². The monoisotopic (exact) mass is 273 g/mol. The van der Waals surface area contributed by atoms with Crippen molar-refractivity contribution in [1.82, 2.24) is 0 Å². The molecule has 0 unspecified atom stereocenters. The number of nitrogens with two attached hydrogens (primary N) is 1. The summed E-state index contributed by atoms with van der Waals surface area (Å²) in [6.45, 7) is 0. The van der Waals surface area contributed by atoms with Crippen molar-refractivity contribution in [3.05, 3.63) is 65.2 Å². The number of Topliss-reactive ketones (excluding diaryl/α,β-unsaturated/α-hetero) is 1. The van der Waals surface area contributed by atoms with Gasteiger partial charge in [0.25, 0.3) is 0 Å². The lowest BCUT2D eigenvalue weighted by molar-refractivity contribution is 0.0937. The highest BCUT2D eigenvalue weighted by atomic mass is 19.1. The van der Waals surface area contributed by atoms with Gasteiger partial charge in [-0.3, -0.25) is 4.79 Å². The predicted octanol–water partition coefficient (Wildman–Crippen LogP) is 3.46. The fourth-order valence-electron chi connectivity index (χ4n) is 2.53. The molecule has 1 aliphatic rings. The second-order valence-electron chi connectivity index (χ2n) is 5.13. The molecule has 0 heterocycles. The van der Waals surface area contributed by atoms with Crippen molar-refractivity contribution in [2.75, 3.05) is 5.73 Å². The number of rotatable bonds is 3. The van der Waals surface area contributed by atoms with Gasteiger partial charge in [0.1, 0.15) is 11.6 Å². The highest BCUT2D eigenvalue weighted by Crippen LogP contribution is 2.51. The summed E-state index contributed by atoms with van der Waals surface area (Å²) in [6.07, 6.45) is 1.20. The Bertz CT molecular complexity index is 655. The lowest BCUT2D eigenvalue weighted by atomic mass is 9.87. The van der Waals surface area contributed by atoms with E-state index in [9.17, 15) is 13.6 Å². The van der Waals surface area contributed by atoms with Crippen LogP contribution in [0.5, 0.6) is 0 Å². The number of hydrogen-bond donors (Lipinski definition) is 1. The van der Waals surface area contributed by atoms with E-state index in [-0.39, 0.29) is 0 Å². The predicted molar refractivity (Wildman–Crippen MR) is 72.5 cm³/mol. The summed E-state index contributed by atoms with van der Waals surface area (Å²) < 4.78 is 27.5. The van der Waals surface area contributed by atoms with Crippen LogP contribution < -0.4 is 5.73 Å². The largest absolute Gasteiger partial charge is 0.399 e. The average Bonchev–Trinajstić information content (AvgIpc) is 3.20. The first kappa shape index (κ1) is 12.8. The highest BCUT2D eigenvalue weighted by molar-refractivity contribution is 6.06. The molecule has 1 fully saturated rings. The Kier molecular flexibility index (Phi) is 2.82. The Hall–Kier alpha value is -2.23. The fraction of sp³-hybridized carbons (Fsp3) is 0.188. The molecule has 1 aliphatic carbocycles. The first-order valence-corrected chi connectivity index (χ1v) is 6.39. The first-order valence-electron chi connectivity index (χ1n) is 6.39. The lowest BCUT2D eigenvalue weighted by Crippen LogP contribution is -2.23. The SMILES string of the molecule is Nc1ccc(C2(C(=O)c3c(F)cccc3F)CC2)cc1. The van der Waals surface area contributed by atoms with Crippen LogP contribution in [0.3, 0.4) is 0 Å². The van der Waals surface area contributed by atoms with Gasteiger partial charge in [-0.2, -0.15) is 0 Å². The number of anilines is 1. The van der Waals surface area contributed by atoms with Crippen LogP contribution in [-0.4, -0.2) is 5.78 Å². The Labute approximate surface area is 115 Å². The smallest absolute Gasteiger partial charge is 0.179 e. The summed E-state index contributed by atoms with van der Waals surface area (Å²) >= 11 is 0. The van der Waals surface area contributed by atoms with Gasteiger partial charge in [-0.25, -0.2) is 8.78 Å². The normalized spacial score (nSPS) is 15.9. The van der Waals surface area contributed by atoms with Gasteiger partial charge in [-0.05, 0) is 42.7 Å². The molecule has 0 bridgehead atoms. The Balaban J connectivity index is 2.04. The van der Waals surface area contributed by atoms with Crippen LogP contribution in [0.1, 0.15) is 28.8 Å². The molecular weight excluding hydrogens is 260 g/mol. The van der Waals surface area contributed by atoms with Gasteiger partial charge in [0.2, 0.25) is 0 Å². The molecule has 4 heteroatoms. The van der Waals surface area contributed by atoms with Crippen molar-refractivity contribution in [2.45, 2.75) is 18.3 Å². The van der Waals surface area contributed by atoms with Gasteiger partial charge < -0.3 is 5.73 Å². The summed E-state index contributed by atoms with van der Waals surface area (Å²) in [7, 11) is 0. The first-order chi connectivity index (χ1) is 9.54. The maximum Gasteiger partial charge on any atom is 0.179 e. The quantitative estimate of drug-likeness (QED) is 0.687. The molecule has 2 aromatic rings. The Morgan fingerprint density at radius 2 is 1.55 bits per heavy atom. The minimum absolute atomic E-state index is 0.443. The summed E-state index contributed by atoms with van der Waals surface area (Å²) in [5.74, 6) is -2.11. The minimum Gasteiger partial charge on any atom is -0.399 e. The number of carbonyl (C=O) groups is 1. The molecule has 2 N–H and O–H groups in total. The zero-order valence-corrected chi connectivity index (χ0v) is 10.7. The van der Waals surface area contributed by atoms with Crippen LogP contribution in [0.25, 0.3) is 0 Å². The second kappa shape index (κ2) is 4.40. The molecule has 20 heavy (non-hydrogen) atoms. The van der Waals surface area contributed by atoms with Crippen LogP contribution in [0.15, 0.2) is 42.5 Å². The molecule has 3 rings (SSSR count). The van der Waals surface area contributed by atoms with Crippen molar-refractivity contribution in [3.63, 3.8) is 0 Å². The van der Waals surface area contributed by atoms with Gasteiger partial charge in [0.15, 0.2) is 5.78 Å². The van der Waals surface area contributed by atoms with Gasteiger partial charge in [0, 0.05) is 5.69 Å². The Morgan fingerprint density at radius 3 is 2.05 bits per heavy atom. The van der Waals surface area contributed by atoms with E-state index in [0.29, 0.717) is 18.5 Å². The minimum atomic E-state index is -0.809. The number of benzene rings is 2. The van der Waals surface area contributed by atoms with E-state index in [1.165, 1.54) is 6.07 Å². The van der Waals surface area contributed by atoms with E-state index in [4.69, 9.17) is 5.73 Å². The number of nitrogen functional groups attached to an aromatic ring is 1. The van der Waals surface area contributed by atoms with Gasteiger partial charge in [-0.15, -0.1) is 0 Å². The lowest BCUT2D eigenvalue weighted by Gasteiger charge is -2.15. The second-order valence-corrected chi connectivity index (χ2v) is 5.13. The van der Waals surface area contributed by atoms with Crippen LogP contribution in [0.2, 0.25) is 0 Å². The number of hydrogen-bond acceptors (Lipinski definition) is 2. The van der Waals surface area contributed by atoms with E-state index in [1.54, 1.807) is 24.3 Å². The zero-order valence-electron chi connectivity index (χ0n) is 10.7. The number of ketones is 1. The molecule has 0 aliphatic heterocycles. The molecule has 0 amide bonds. The molecular formula is C16H13F2NO. The van der Waals surface area contributed by atoms with Crippen LogP contribution in [0, 0.1) is 11.6 Å². The van der Waals surface area contributed by atoms with E-state index in [2.05, 4.69) is 0 Å². The van der Waals surface area contributed by atoms with Crippen LogP contribution in [0.4, 0.5) is 14.5 Å². The van der Waals surface area contributed by atoms with E-state index < -0.39 is 28.4 Å². The molecule has 102 valence electrons. The topological polar surface area (TPSA) is 43.1 Å². The Morgan fingerprint density at radius 1 is 1.00 bits per heavy atom. The third kappa shape index (κ3) is 1.88. The molecule has 0 saturated heterocycles. The maximum atomic E-state index is 13.8. The van der Waals surface area contributed by atoms with Gasteiger partial charge in [-0.1, -0.05) is 18.2 Å². The van der Waals surface area contributed by atoms with Crippen molar-refractivity contribution in [2.24, 2.45) is 0 Å². The van der Waals surface area contributed by atoms with Gasteiger partial charge in [0.05, 0.1) is 11.0 Å². The summed E-state index contributed by atoms with van der Waals surface area (Å²) in [4.78, 5) is 12.5. The fourth-order valence-corrected chi connectivity index (χ4v) is 2.53. The maximum absolute atomic E-state index is 13.8. The molecule has 1 saturated carbocycles. The third-order valence-corrected chi connectivity index (χ3v) is 3.84.